The zero-order chi connectivity index (χ0) is 34.0. The molecule has 0 N–H and O–H groups in total. The van der Waals surface area contributed by atoms with E-state index in [2.05, 4.69) is 38.2 Å². The molecule has 0 atom stereocenters. The van der Waals surface area contributed by atoms with Crippen molar-refractivity contribution >= 4 is 5.97 Å². The standard InChI is InChI=1S/C45H86O2/c1-3-5-7-9-11-13-15-17-19-20-21-22-23-24-25-26-27-28-30-32-34-36-38-40-42-44-47-45(46)43-41-39-37-35-33-31-29-18-16-14-12-10-8-6-4-2/h12,14,18,29H,3-11,13,15-17,19-28,30-44H2,1-2H3/b14-12-,29-18-. The third-order valence-corrected chi connectivity index (χ3v) is 9.84. The Morgan fingerprint density at radius 3 is 1.06 bits per heavy atom. The summed E-state index contributed by atoms with van der Waals surface area (Å²) in [6.07, 6.45) is 58.5. The predicted molar refractivity (Wildman–Crippen MR) is 211 cm³/mol. The average Bonchev–Trinajstić information content (AvgIpc) is 3.08. The fraction of sp³-hybridized carbons (Fsp3) is 0.889. The molecule has 0 aromatic carbocycles. The molecule has 2 heteroatoms. The zero-order valence-corrected chi connectivity index (χ0v) is 32.5. The Labute approximate surface area is 297 Å². The number of rotatable bonds is 40. The van der Waals surface area contributed by atoms with Gasteiger partial charge in [-0.1, -0.05) is 224 Å². The van der Waals surface area contributed by atoms with Crippen LogP contribution in [0.25, 0.3) is 0 Å². The van der Waals surface area contributed by atoms with Crippen molar-refractivity contribution in [1.82, 2.24) is 0 Å². The van der Waals surface area contributed by atoms with E-state index in [1.165, 1.54) is 205 Å². The second-order valence-electron chi connectivity index (χ2n) is 14.7. The highest BCUT2D eigenvalue weighted by Crippen LogP contribution is 2.16. The van der Waals surface area contributed by atoms with Crippen LogP contribution in [0.15, 0.2) is 24.3 Å². The lowest BCUT2D eigenvalue weighted by Crippen LogP contribution is -2.05. The molecule has 0 unspecified atom stereocenters. The number of esters is 1. The molecule has 0 radical (unpaired) electrons. The van der Waals surface area contributed by atoms with Crippen molar-refractivity contribution < 1.29 is 9.53 Å². The Morgan fingerprint density at radius 1 is 0.362 bits per heavy atom. The number of unbranched alkanes of at least 4 members (excludes halogenated alkanes) is 32. The monoisotopic (exact) mass is 659 g/mol. The summed E-state index contributed by atoms with van der Waals surface area (Å²) in [4.78, 5) is 12.0. The van der Waals surface area contributed by atoms with Gasteiger partial charge in [-0.05, 0) is 44.9 Å². The fourth-order valence-electron chi connectivity index (χ4n) is 6.58. The SMILES string of the molecule is CCCCC/C=C\C/C=C\CCCCCCCC(=O)OCCCCCCCCCCCCCCCCCCCCCCCCCCC. The first-order valence-electron chi connectivity index (χ1n) is 21.8. The van der Waals surface area contributed by atoms with Crippen molar-refractivity contribution in [2.24, 2.45) is 0 Å². The molecule has 0 aromatic heterocycles. The Morgan fingerprint density at radius 2 is 0.660 bits per heavy atom. The van der Waals surface area contributed by atoms with Crippen molar-refractivity contribution in [1.29, 1.82) is 0 Å². The lowest BCUT2D eigenvalue weighted by atomic mass is 10.0. The van der Waals surface area contributed by atoms with Crippen LogP contribution < -0.4 is 0 Å². The molecule has 0 aliphatic rings. The van der Waals surface area contributed by atoms with Gasteiger partial charge in [0.2, 0.25) is 0 Å². The van der Waals surface area contributed by atoms with Crippen molar-refractivity contribution in [2.75, 3.05) is 6.61 Å². The summed E-state index contributed by atoms with van der Waals surface area (Å²) in [5.74, 6) is 0.0139. The maximum absolute atomic E-state index is 12.0. The molecule has 0 rings (SSSR count). The van der Waals surface area contributed by atoms with Crippen LogP contribution in [-0.2, 0) is 9.53 Å². The van der Waals surface area contributed by atoms with E-state index in [-0.39, 0.29) is 5.97 Å². The molecule has 0 fully saturated rings. The van der Waals surface area contributed by atoms with Crippen molar-refractivity contribution in [3.8, 4) is 0 Å². The maximum atomic E-state index is 12.0. The van der Waals surface area contributed by atoms with E-state index in [1.807, 2.05) is 0 Å². The van der Waals surface area contributed by atoms with Gasteiger partial charge in [0.1, 0.15) is 0 Å². The second-order valence-corrected chi connectivity index (χ2v) is 14.7. The van der Waals surface area contributed by atoms with E-state index < -0.39 is 0 Å². The van der Waals surface area contributed by atoms with Crippen molar-refractivity contribution in [3.63, 3.8) is 0 Å². The number of ether oxygens (including phenoxy) is 1. The molecule has 0 aliphatic carbocycles. The van der Waals surface area contributed by atoms with Crippen LogP contribution in [0.1, 0.15) is 251 Å². The van der Waals surface area contributed by atoms with Crippen LogP contribution in [0.3, 0.4) is 0 Å². The average molecular weight is 659 g/mol. The number of allylic oxidation sites excluding steroid dienone is 4. The maximum Gasteiger partial charge on any atom is 0.305 e. The molecule has 0 saturated carbocycles. The first kappa shape index (κ1) is 46.0. The normalized spacial score (nSPS) is 11.8. The van der Waals surface area contributed by atoms with Gasteiger partial charge in [0.05, 0.1) is 6.61 Å². The first-order valence-corrected chi connectivity index (χ1v) is 21.8. The van der Waals surface area contributed by atoms with Crippen LogP contribution in [-0.4, -0.2) is 12.6 Å². The highest BCUT2D eigenvalue weighted by atomic mass is 16.5. The predicted octanol–water partition coefficient (Wildman–Crippen LogP) is 16.1. The van der Waals surface area contributed by atoms with Gasteiger partial charge in [-0.25, -0.2) is 0 Å². The first-order chi connectivity index (χ1) is 23.3. The van der Waals surface area contributed by atoms with E-state index in [0.29, 0.717) is 13.0 Å². The van der Waals surface area contributed by atoms with Crippen LogP contribution in [0.5, 0.6) is 0 Å². The highest BCUT2D eigenvalue weighted by molar-refractivity contribution is 5.69. The zero-order valence-electron chi connectivity index (χ0n) is 32.5. The summed E-state index contributed by atoms with van der Waals surface area (Å²) in [6, 6.07) is 0. The number of hydrogen-bond acceptors (Lipinski definition) is 2. The molecule has 0 spiro atoms. The minimum absolute atomic E-state index is 0.0139. The Kier molecular flexibility index (Phi) is 42.0. The highest BCUT2D eigenvalue weighted by Gasteiger charge is 2.02. The molecular formula is C45H86O2. The third-order valence-electron chi connectivity index (χ3n) is 9.84. The molecule has 0 aliphatic heterocycles. The molecule has 0 heterocycles. The minimum atomic E-state index is 0.0139. The van der Waals surface area contributed by atoms with Crippen LogP contribution in [0.2, 0.25) is 0 Å². The minimum Gasteiger partial charge on any atom is -0.466 e. The lowest BCUT2D eigenvalue weighted by Gasteiger charge is -2.06. The smallest absolute Gasteiger partial charge is 0.305 e. The molecule has 278 valence electrons. The van der Waals surface area contributed by atoms with Gasteiger partial charge < -0.3 is 4.74 Å². The van der Waals surface area contributed by atoms with Gasteiger partial charge >= 0.3 is 5.97 Å². The van der Waals surface area contributed by atoms with Gasteiger partial charge in [0.25, 0.3) is 0 Å². The van der Waals surface area contributed by atoms with E-state index in [4.69, 9.17) is 4.74 Å². The number of carbonyl (C=O) groups excluding carboxylic acids is 1. The quantitative estimate of drug-likeness (QED) is 0.0372. The summed E-state index contributed by atoms with van der Waals surface area (Å²) in [7, 11) is 0. The molecular weight excluding hydrogens is 572 g/mol. The second kappa shape index (κ2) is 43.0. The largest absolute Gasteiger partial charge is 0.466 e. The topological polar surface area (TPSA) is 26.3 Å². The van der Waals surface area contributed by atoms with Gasteiger partial charge in [-0.3, -0.25) is 4.79 Å². The number of hydrogen-bond donors (Lipinski definition) is 0. The molecule has 0 amide bonds. The van der Waals surface area contributed by atoms with Crippen molar-refractivity contribution in [2.45, 2.75) is 251 Å². The van der Waals surface area contributed by atoms with E-state index in [9.17, 15) is 4.79 Å². The summed E-state index contributed by atoms with van der Waals surface area (Å²) >= 11 is 0. The molecule has 47 heavy (non-hydrogen) atoms. The van der Waals surface area contributed by atoms with Crippen LogP contribution >= 0.6 is 0 Å². The van der Waals surface area contributed by atoms with Gasteiger partial charge in [0, 0.05) is 6.42 Å². The Balaban J connectivity index is 3.18. The molecule has 2 nitrogen and oxygen atoms in total. The van der Waals surface area contributed by atoms with E-state index >= 15 is 0 Å². The van der Waals surface area contributed by atoms with Gasteiger partial charge in [-0.2, -0.15) is 0 Å². The van der Waals surface area contributed by atoms with Gasteiger partial charge in [0.15, 0.2) is 0 Å². The third kappa shape index (κ3) is 42.9. The summed E-state index contributed by atoms with van der Waals surface area (Å²) < 4.78 is 5.46. The Bertz CT molecular complexity index is 636. The molecule has 0 saturated heterocycles. The molecule has 0 aromatic rings. The number of carbonyl (C=O) groups is 1. The van der Waals surface area contributed by atoms with Crippen molar-refractivity contribution in [3.05, 3.63) is 24.3 Å². The van der Waals surface area contributed by atoms with E-state index in [1.54, 1.807) is 0 Å². The van der Waals surface area contributed by atoms with Crippen LogP contribution in [0.4, 0.5) is 0 Å². The summed E-state index contributed by atoms with van der Waals surface area (Å²) in [5.41, 5.74) is 0. The lowest BCUT2D eigenvalue weighted by molar-refractivity contribution is -0.143. The Hall–Kier alpha value is -1.05. The van der Waals surface area contributed by atoms with Crippen LogP contribution in [0, 0.1) is 0 Å². The molecule has 0 bridgehead atoms. The summed E-state index contributed by atoms with van der Waals surface area (Å²) in [6.45, 7) is 5.18. The van der Waals surface area contributed by atoms with Gasteiger partial charge in [-0.15, -0.1) is 0 Å². The summed E-state index contributed by atoms with van der Waals surface area (Å²) in [5, 5.41) is 0. The fourth-order valence-corrected chi connectivity index (χ4v) is 6.58. The van der Waals surface area contributed by atoms with E-state index in [0.717, 1.165) is 25.7 Å².